The van der Waals surface area contributed by atoms with Gasteiger partial charge in [0, 0.05) is 0 Å². The van der Waals surface area contributed by atoms with Crippen LogP contribution in [0.3, 0.4) is 0 Å². The average Bonchev–Trinajstić information content (AvgIpc) is 2.03. The van der Waals surface area contributed by atoms with Gasteiger partial charge in [-0.05, 0) is 6.92 Å². The van der Waals surface area contributed by atoms with Crippen molar-refractivity contribution in [2.45, 2.75) is 18.6 Å². The smallest absolute Gasteiger partial charge is 0.155 e. The highest BCUT2D eigenvalue weighted by Gasteiger charge is 2.61. The van der Waals surface area contributed by atoms with Crippen LogP contribution in [0, 0.1) is 0 Å². The van der Waals surface area contributed by atoms with Crippen LogP contribution in [-0.2, 0) is 14.6 Å². The van der Waals surface area contributed by atoms with E-state index in [1.54, 1.807) is 0 Å². The molecular formula is C5H8O3S. The maximum Gasteiger partial charge on any atom is 0.155 e. The van der Waals surface area contributed by atoms with Gasteiger partial charge in [0.1, 0.15) is 11.7 Å². The lowest BCUT2D eigenvalue weighted by molar-refractivity contribution is 0.322. The van der Waals surface area contributed by atoms with Crippen LogP contribution >= 0.6 is 0 Å². The normalized spacial score (nSPS) is 52.8. The molecule has 3 nitrogen and oxygen atoms in total. The molecule has 2 aliphatic rings. The third-order valence-corrected chi connectivity index (χ3v) is 3.77. The summed E-state index contributed by atoms with van der Waals surface area (Å²) in [6.45, 7) is 1.85. The Bertz CT molecular complexity index is 243. The standard InChI is InChI=1S/C5H8O3S/c1-5-3-9(6,7)2-4(5)8-5/h4H,2-3H2,1H3/t4-,5+/m1/s1. The SMILES string of the molecule is C[C@]12CS(=O)(=O)C[C@H]1O2. The highest BCUT2D eigenvalue weighted by Crippen LogP contribution is 2.43. The summed E-state index contributed by atoms with van der Waals surface area (Å²) in [4.78, 5) is 0. The molecule has 0 spiro atoms. The Morgan fingerprint density at radius 3 is 2.56 bits per heavy atom. The van der Waals surface area contributed by atoms with Crippen molar-refractivity contribution in [3.63, 3.8) is 0 Å². The maximum absolute atomic E-state index is 10.8. The Labute approximate surface area is 53.9 Å². The molecule has 2 saturated heterocycles. The van der Waals surface area contributed by atoms with Crippen LogP contribution in [0.5, 0.6) is 0 Å². The molecule has 0 saturated carbocycles. The first-order valence-electron chi connectivity index (χ1n) is 2.90. The third-order valence-electron chi connectivity index (χ3n) is 1.95. The van der Waals surface area contributed by atoms with Gasteiger partial charge >= 0.3 is 0 Å². The second-order valence-corrected chi connectivity index (χ2v) is 5.08. The van der Waals surface area contributed by atoms with E-state index in [9.17, 15) is 8.42 Å². The lowest BCUT2D eigenvalue weighted by atomic mass is 10.2. The van der Waals surface area contributed by atoms with E-state index in [2.05, 4.69) is 0 Å². The van der Waals surface area contributed by atoms with Crippen molar-refractivity contribution in [2.24, 2.45) is 0 Å². The van der Waals surface area contributed by atoms with Gasteiger partial charge in [-0.1, -0.05) is 0 Å². The van der Waals surface area contributed by atoms with E-state index in [0.29, 0.717) is 0 Å². The van der Waals surface area contributed by atoms with Gasteiger partial charge in [0.25, 0.3) is 0 Å². The number of fused-ring (bicyclic) bond motifs is 1. The zero-order valence-corrected chi connectivity index (χ0v) is 5.94. The highest BCUT2D eigenvalue weighted by molar-refractivity contribution is 7.91. The fraction of sp³-hybridized carbons (Fsp3) is 1.00. The summed E-state index contributed by atoms with van der Waals surface area (Å²) in [6, 6.07) is 0. The number of hydrogen-bond donors (Lipinski definition) is 0. The molecule has 2 aliphatic heterocycles. The Morgan fingerprint density at radius 1 is 1.67 bits per heavy atom. The molecule has 2 rings (SSSR count). The number of ether oxygens (including phenoxy) is 1. The van der Waals surface area contributed by atoms with E-state index in [0.717, 1.165) is 0 Å². The molecule has 9 heavy (non-hydrogen) atoms. The van der Waals surface area contributed by atoms with Crippen LogP contribution in [-0.4, -0.2) is 31.6 Å². The van der Waals surface area contributed by atoms with Crippen molar-refractivity contribution in [1.29, 1.82) is 0 Å². The van der Waals surface area contributed by atoms with Gasteiger partial charge in [0.2, 0.25) is 0 Å². The van der Waals surface area contributed by atoms with Crippen LogP contribution in [0.1, 0.15) is 6.92 Å². The third kappa shape index (κ3) is 0.697. The molecule has 0 aromatic heterocycles. The molecule has 0 aromatic rings. The van der Waals surface area contributed by atoms with Crippen LogP contribution in [0.25, 0.3) is 0 Å². The molecule has 0 aliphatic carbocycles. The summed E-state index contributed by atoms with van der Waals surface area (Å²) >= 11 is 0. The van der Waals surface area contributed by atoms with Crippen molar-refractivity contribution in [1.82, 2.24) is 0 Å². The summed E-state index contributed by atoms with van der Waals surface area (Å²) in [6.07, 6.45) is 0.0162. The first-order valence-corrected chi connectivity index (χ1v) is 4.72. The Kier molecular flexibility index (Phi) is 0.743. The molecule has 0 radical (unpaired) electrons. The fourth-order valence-corrected chi connectivity index (χ4v) is 3.48. The minimum atomic E-state index is -2.73. The van der Waals surface area contributed by atoms with Gasteiger partial charge in [-0.25, -0.2) is 8.42 Å². The minimum Gasteiger partial charge on any atom is -0.364 e. The molecule has 0 amide bonds. The van der Waals surface area contributed by atoms with Gasteiger partial charge in [-0.15, -0.1) is 0 Å². The molecule has 2 fully saturated rings. The first kappa shape index (κ1) is 5.68. The molecule has 52 valence electrons. The molecular weight excluding hydrogens is 140 g/mol. The Balaban J connectivity index is 2.33. The van der Waals surface area contributed by atoms with Gasteiger partial charge in [0.15, 0.2) is 9.84 Å². The molecule has 0 bridgehead atoms. The summed E-state index contributed by atoms with van der Waals surface area (Å²) in [5.74, 6) is 0.466. The van der Waals surface area contributed by atoms with Crippen molar-refractivity contribution in [3.05, 3.63) is 0 Å². The summed E-state index contributed by atoms with van der Waals surface area (Å²) in [5, 5.41) is 0. The van der Waals surface area contributed by atoms with Crippen LogP contribution in [0.2, 0.25) is 0 Å². The summed E-state index contributed by atoms with van der Waals surface area (Å²) < 4.78 is 26.7. The van der Waals surface area contributed by atoms with Crippen molar-refractivity contribution in [3.8, 4) is 0 Å². The van der Waals surface area contributed by atoms with Crippen molar-refractivity contribution in [2.75, 3.05) is 11.5 Å². The van der Waals surface area contributed by atoms with E-state index >= 15 is 0 Å². The van der Waals surface area contributed by atoms with E-state index < -0.39 is 9.84 Å². The molecule has 2 atom stereocenters. The zero-order chi connectivity index (χ0) is 6.70. The van der Waals surface area contributed by atoms with Gasteiger partial charge < -0.3 is 4.74 Å². The quantitative estimate of drug-likeness (QED) is 0.438. The van der Waals surface area contributed by atoms with E-state index in [-0.39, 0.29) is 23.2 Å². The second kappa shape index (κ2) is 1.18. The van der Waals surface area contributed by atoms with Gasteiger partial charge in [0.05, 0.1) is 11.5 Å². The lowest BCUT2D eigenvalue weighted by Crippen LogP contribution is -2.14. The van der Waals surface area contributed by atoms with Gasteiger partial charge in [-0.3, -0.25) is 0 Å². The lowest BCUT2D eigenvalue weighted by Gasteiger charge is -1.96. The van der Waals surface area contributed by atoms with E-state index in [1.165, 1.54) is 0 Å². The van der Waals surface area contributed by atoms with Crippen LogP contribution in [0.4, 0.5) is 0 Å². The van der Waals surface area contributed by atoms with Gasteiger partial charge in [-0.2, -0.15) is 0 Å². The molecule has 4 heteroatoms. The second-order valence-electron chi connectivity index (χ2n) is 2.97. The predicted octanol–water partition coefficient (Wildman–Crippen LogP) is -0.428. The van der Waals surface area contributed by atoms with Crippen molar-refractivity contribution < 1.29 is 13.2 Å². The van der Waals surface area contributed by atoms with E-state index in [1.807, 2.05) is 6.92 Å². The van der Waals surface area contributed by atoms with Crippen LogP contribution < -0.4 is 0 Å². The first-order chi connectivity index (χ1) is 4.02. The number of hydrogen-bond acceptors (Lipinski definition) is 3. The minimum absolute atomic E-state index is 0.0162. The average molecular weight is 148 g/mol. The van der Waals surface area contributed by atoms with E-state index in [4.69, 9.17) is 4.74 Å². The Morgan fingerprint density at radius 2 is 2.33 bits per heavy atom. The largest absolute Gasteiger partial charge is 0.364 e. The number of sulfone groups is 1. The molecule has 2 heterocycles. The molecule has 0 N–H and O–H groups in total. The number of epoxide rings is 1. The van der Waals surface area contributed by atoms with Crippen LogP contribution in [0.15, 0.2) is 0 Å². The zero-order valence-electron chi connectivity index (χ0n) is 5.12. The monoisotopic (exact) mass is 148 g/mol. The topological polar surface area (TPSA) is 46.7 Å². The maximum atomic E-state index is 10.8. The molecule has 0 aromatic carbocycles. The summed E-state index contributed by atoms with van der Waals surface area (Å²) in [5.41, 5.74) is -0.293. The highest BCUT2D eigenvalue weighted by atomic mass is 32.2. The summed E-state index contributed by atoms with van der Waals surface area (Å²) in [7, 11) is -2.73. The molecule has 0 unspecified atom stereocenters. The number of rotatable bonds is 0. The fourth-order valence-electron chi connectivity index (χ4n) is 1.35. The predicted molar refractivity (Wildman–Crippen MR) is 31.9 cm³/mol. The van der Waals surface area contributed by atoms with Crippen molar-refractivity contribution >= 4 is 9.84 Å². The Hall–Kier alpha value is -0.0900.